The van der Waals surface area contributed by atoms with Crippen LogP contribution in [-0.2, 0) is 6.42 Å². The van der Waals surface area contributed by atoms with E-state index in [4.69, 9.17) is 16.3 Å². The zero-order chi connectivity index (χ0) is 15.2. The normalized spacial score (nSPS) is 10.7. The van der Waals surface area contributed by atoms with Crippen molar-refractivity contribution in [1.82, 2.24) is 15.0 Å². The van der Waals surface area contributed by atoms with Crippen molar-refractivity contribution in [2.75, 3.05) is 11.9 Å². The van der Waals surface area contributed by atoms with Gasteiger partial charge in [0.25, 0.3) is 0 Å². The molecule has 0 aliphatic carbocycles. The van der Waals surface area contributed by atoms with E-state index >= 15 is 0 Å². The molecule has 0 saturated carbocycles. The smallest absolute Gasteiger partial charge is 0.322 e. The van der Waals surface area contributed by atoms with E-state index in [1.54, 1.807) is 12.1 Å². The lowest BCUT2D eigenvalue weighted by molar-refractivity contribution is 0.222. The third-order valence-electron chi connectivity index (χ3n) is 2.54. The Hall–Kier alpha value is -1.95. The summed E-state index contributed by atoms with van der Waals surface area (Å²) >= 11 is 5.82. The van der Waals surface area contributed by atoms with E-state index in [2.05, 4.69) is 20.3 Å². The van der Waals surface area contributed by atoms with Crippen molar-refractivity contribution in [1.29, 1.82) is 0 Å². The topological polar surface area (TPSA) is 59.9 Å². The molecule has 0 aliphatic heterocycles. The number of rotatable bonds is 6. The SMILES string of the molecule is CC(C)Oc1nc(Cl)nc(NCCc2ccc(F)cc2)n1. The Morgan fingerprint density at radius 2 is 1.90 bits per heavy atom. The van der Waals surface area contributed by atoms with Gasteiger partial charge < -0.3 is 10.1 Å². The number of nitrogens with one attached hydrogen (secondary N) is 1. The zero-order valence-electron chi connectivity index (χ0n) is 11.8. The van der Waals surface area contributed by atoms with Crippen molar-refractivity contribution in [3.63, 3.8) is 0 Å². The van der Waals surface area contributed by atoms with Crippen LogP contribution < -0.4 is 10.1 Å². The minimum absolute atomic E-state index is 0.0458. The molecule has 0 atom stereocenters. The second-order valence-corrected chi connectivity index (χ2v) is 5.02. The maximum atomic E-state index is 12.8. The van der Waals surface area contributed by atoms with Crippen LogP contribution in [-0.4, -0.2) is 27.6 Å². The van der Waals surface area contributed by atoms with Crippen LogP contribution in [0.4, 0.5) is 10.3 Å². The van der Waals surface area contributed by atoms with E-state index in [1.165, 1.54) is 12.1 Å². The number of hydrogen-bond acceptors (Lipinski definition) is 5. The molecule has 1 heterocycles. The fourth-order valence-electron chi connectivity index (χ4n) is 1.64. The van der Waals surface area contributed by atoms with Gasteiger partial charge in [-0.1, -0.05) is 12.1 Å². The third-order valence-corrected chi connectivity index (χ3v) is 2.71. The molecule has 2 aromatic rings. The lowest BCUT2D eigenvalue weighted by atomic mass is 10.1. The second kappa shape index (κ2) is 7.17. The molecule has 5 nitrogen and oxygen atoms in total. The maximum absolute atomic E-state index is 12.8. The molecule has 0 aliphatic rings. The summed E-state index contributed by atoms with van der Waals surface area (Å²) in [5.41, 5.74) is 1.02. The van der Waals surface area contributed by atoms with Gasteiger partial charge >= 0.3 is 6.01 Å². The zero-order valence-corrected chi connectivity index (χ0v) is 12.6. The summed E-state index contributed by atoms with van der Waals surface area (Å²) in [6.45, 7) is 4.34. The van der Waals surface area contributed by atoms with Crippen LogP contribution >= 0.6 is 11.6 Å². The standard InChI is InChI=1S/C14H16ClFN4O/c1-9(2)21-14-19-12(15)18-13(20-14)17-8-7-10-3-5-11(16)6-4-10/h3-6,9H,7-8H2,1-2H3,(H,17,18,19,20). The average Bonchev–Trinajstić information content (AvgIpc) is 2.39. The van der Waals surface area contributed by atoms with Crippen LogP contribution in [0.5, 0.6) is 6.01 Å². The number of ether oxygens (including phenoxy) is 1. The molecule has 0 amide bonds. The highest BCUT2D eigenvalue weighted by Crippen LogP contribution is 2.12. The first-order valence-electron chi connectivity index (χ1n) is 6.59. The minimum atomic E-state index is -0.244. The second-order valence-electron chi connectivity index (χ2n) is 4.68. The number of halogens is 2. The van der Waals surface area contributed by atoms with Crippen molar-refractivity contribution in [2.24, 2.45) is 0 Å². The quantitative estimate of drug-likeness (QED) is 0.888. The van der Waals surface area contributed by atoms with Gasteiger partial charge in [-0.05, 0) is 49.6 Å². The molecule has 1 aromatic heterocycles. The summed E-state index contributed by atoms with van der Waals surface area (Å²) in [5.74, 6) is 0.110. The summed E-state index contributed by atoms with van der Waals surface area (Å²) in [4.78, 5) is 12.0. The molecule has 112 valence electrons. The van der Waals surface area contributed by atoms with E-state index in [0.717, 1.165) is 5.56 Å². The Kier molecular flexibility index (Phi) is 5.27. The van der Waals surface area contributed by atoms with Gasteiger partial charge in [-0.2, -0.15) is 15.0 Å². The van der Waals surface area contributed by atoms with Gasteiger partial charge in [-0.25, -0.2) is 4.39 Å². The maximum Gasteiger partial charge on any atom is 0.322 e. The first-order valence-corrected chi connectivity index (χ1v) is 6.97. The van der Waals surface area contributed by atoms with Crippen LogP contribution in [0.25, 0.3) is 0 Å². The predicted octanol–water partition coefficient (Wildman–Crippen LogP) is 3.11. The first-order chi connectivity index (χ1) is 10.0. The Bertz CT molecular complexity index is 592. The minimum Gasteiger partial charge on any atom is -0.461 e. The van der Waals surface area contributed by atoms with E-state index in [0.29, 0.717) is 18.9 Å². The predicted molar refractivity (Wildman–Crippen MR) is 79.2 cm³/mol. The summed E-state index contributed by atoms with van der Waals surface area (Å²) < 4.78 is 18.2. The molecule has 0 unspecified atom stereocenters. The van der Waals surface area contributed by atoms with Gasteiger partial charge in [0.15, 0.2) is 0 Å². The number of aromatic nitrogens is 3. The fourth-order valence-corrected chi connectivity index (χ4v) is 1.80. The van der Waals surface area contributed by atoms with E-state index in [-0.39, 0.29) is 23.2 Å². The largest absolute Gasteiger partial charge is 0.461 e. The summed E-state index contributed by atoms with van der Waals surface area (Å²) in [6.07, 6.45) is 0.666. The molecule has 0 fully saturated rings. The van der Waals surface area contributed by atoms with Crippen molar-refractivity contribution in [3.8, 4) is 6.01 Å². The van der Waals surface area contributed by atoms with Crippen LogP contribution in [0.1, 0.15) is 19.4 Å². The lowest BCUT2D eigenvalue weighted by Crippen LogP contribution is -2.12. The molecular formula is C14H16ClFN4O. The van der Waals surface area contributed by atoms with Gasteiger partial charge in [0.1, 0.15) is 5.82 Å². The molecule has 2 rings (SSSR count). The summed E-state index contributed by atoms with van der Waals surface area (Å²) in [7, 11) is 0. The van der Waals surface area contributed by atoms with Gasteiger partial charge in [-0.3, -0.25) is 0 Å². The molecule has 0 saturated heterocycles. The highest BCUT2D eigenvalue weighted by Gasteiger charge is 2.07. The van der Waals surface area contributed by atoms with Crippen molar-refractivity contribution in [3.05, 3.63) is 40.9 Å². The van der Waals surface area contributed by atoms with Crippen molar-refractivity contribution in [2.45, 2.75) is 26.4 Å². The Labute approximate surface area is 127 Å². The number of benzene rings is 1. The van der Waals surface area contributed by atoms with E-state index in [9.17, 15) is 4.39 Å². The summed E-state index contributed by atoms with van der Waals surface area (Å²) in [6, 6.07) is 6.54. The molecular weight excluding hydrogens is 295 g/mol. The van der Waals surface area contributed by atoms with Crippen molar-refractivity contribution >= 4 is 17.5 Å². The van der Waals surface area contributed by atoms with Crippen LogP contribution in [0.2, 0.25) is 5.28 Å². The van der Waals surface area contributed by atoms with Crippen molar-refractivity contribution < 1.29 is 9.13 Å². The van der Waals surface area contributed by atoms with E-state index in [1.807, 2.05) is 13.8 Å². The molecule has 1 aromatic carbocycles. The third kappa shape index (κ3) is 5.15. The van der Waals surface area contributed by atoms with Crippen LogP contribution in [0.15, 0.2) is 24.3 Å². The number of hydrogen-bond donors (Lipinski definition) is 1. The molecule has 0 spiro atoms. The summed E-state index contributed by atoms with van der Waals surface area (Å²) in [5, 5.41) is 3.12. The highest BCUT2D eigenvalue weighted by molar-refractivity contribution is 6.28. The van der Waals surface area contributed by atoms with Crippen LogP contribution in [0, 0.1) is 5.82 Å². The fraction of sp³-hybridized carbons (Fsp3) is 0.357. The van der Waals surface area contributed by atoms with Gasteiger partial charge in [0.2, 0.25) is 11.2 Å². The molecule has 0 radical (unpaired) electrons. The molecule has 0 bridgehead atoms. The number of nitrogens with zero attached hydrogens (tertiary/aromatic N) is 3. The average molecular weight is 311 g/mol. The monoisotopic (exact) mass is 310 g/mol. The molecule has 1 N–H and O–H groups in total. The van der Waals surface area contributed by atoms with Crippen LogP contribution in [0.3, 0.4) is 0 Å². The first kappa shape index (κ1) is 15.4. The van der Waals surface area contributed by atoms with Gasteiger partial charge in [-0.15, -0.1) is 0 Å². The Morgan fingerprint density at radius 1 is 1.19 bits per heavy atom. The highest BCUT2D eigenvalue weighted by atomic mass is 35.5. The molecule has 7 heteroatoms. The Morgan fingerprint density at radius 3 is 2.57 bits per heavy atom. The number of anilines is 1. The molecule has 21 heavy (non-hydrogen) atoms. The lowest BCUT2D eigenvalue weighted by Gasteiger charge is -2.09. The van der Waals surface area contributed by atoms with E-state index < -0.39 is 0 Å². The Balaban J connectivity index is 1.93. The van der Waals surface area contributed by atoms with Gasteiger partial charge in [0.05, 0.1) is 6.10 Å². The van der Waals surface area contributed by atoms with Gasteiger partial charge in [0, 0.05) is 6.54 Å².